The number of nitrogens with zero attached hydrogens (tertiary/aromatic N) is 2. The number of rotatable bonds is 7. The highest BCUT2D eigenvalue weighted by Crippen LogP contribution is 2.20. The van der Waals surface area contributed by atoms with Gasteiger partial charge >= 0.3 is 0 Å². The van der Waals surface area contributed by atoms with E-state index in [4.69, 9.17) is 14.7 Å². The molecule has 2 N–H and O–H groups in total. The number of benzene rings is 1. The van der Waals surface area contributed by atoms with E-state index in [2.05, 4.69) is 5.16 Å². The molecule has 1 aromatic heterocycles. The third kappa shape index (κ3) is 3.90. The van der Waals surface area contributed by atoms with Crippen molar-refractivity contribution in [1.29, 1.82) is 0 Å². The van der Waals surface area contributed by atoms with Crippen LogP contribution in [-0.2, 0) is 0 Å². The molecule has 0 aliphatic heterocycles. The van der Waals surface area contributed by atoms with Crippen LogP contribution >= 0.6 is 0 Å². The molecular formula is C15H18N2O4. The van der Waals surface area contributed by atoms with Gasteiger partial charge in [0.05, 0.1) is 6.61 Å². The number of carbonyl (C=O) groups excluding carboxylic acids is 1. The van der Waals surface area contributed by atoms with E-state index < -0.39 is 0 Å². The van der Waals surface area contributed by atoms with Crippen molar-refractivity contribution < 1.29 is 19.5 Å². The van der Waals surface area contributed by atoms with Crippen LogP contribution in [0, 0.1) is 0 Å². The molecular weight excluding hydrogens is 272 g/mol. The van der Waals surface area contributed by atoms with Gasteiger partial charge in [-0.25, -0.2) is 0 Å². The summed E-state index contributed by atoms with van der Waals surface area (Å²) < 4.78 is 5.20. The molecule has 2 rings (SSSR count). The van der Waals surface area contributed by atoms with Gasteiger partial charge in [0.1, 0.15) is 0 Å². The molecule has 6 heteroatoms. The van der Waals surface area contributed by atoms with Gasteiger partial charge in [-0.2, -0.15) is 0 Å². The largest absolute Gasteiger partial charge is 0.396 e. The second kappa shape index (κ2) is 7.56. The fourth-order valence-electron chi connectivity index (χ4n) is 1.97. The zero-order valence-electron chi connectivity index (χ0n) is 11.6. The zero-order valence-corrected chi connectivity index (χ0v) is 11.6. The lowest BCUT2D eigenvalue weighted by molar-refractivity contribution is 0.0700. The molecule has 0 aliphatic carbocycles. The third-order valence-electron chi connectivity index (χ3n) is 3.03. The molecule has 1 aromatic carbocycles. The highest BCUT2D eigenvalue weighted by molar-refractivity contribution is 5.93. The number of hydrogen-bond acceptors (Lipinski definition) is 5. The van der Waals surface area contributed by atoms with E-state index in [9.17, 15) is 4.79 Å². The van der Waals surface area contributed by atoms with Crippen LogP contribution in [0.4, 0.5) is 0 Å². The fourth-order valence-corrected chi connectivity index (χ4v) is 1.97. The van der Waals surface area contributed by atoms with Crippen LogP contribution < -0.4 is 0 Å². The van der Waals surface area contributed by atoms with Gasteiger partial charge in [-0.1, -0.05) is 35.5 Å². The molecule has 112 valence electrons. The Morgan fingerprint density at radius 1 is 1.14 bits per heavy atom. The Morgan fingerprint density at radius 3 is 2.57 bits per heavy atom. The molecule has 6 nitrogen and oxygen atoms in total. The topological polar surface area (TPSA) is 86.8 Å². The summed E-state index contributed by atoms with van der Waals surface area (Å²) in [6.45, 7) is 0.416. The SMILES string of the molecule is O=C(c1cc(-c2ccccc2)on1)N(CCO)CCCO. The van der Waals surface area contributed by atoms with Gasteiger partial charge in [0, 0.05) is 31.3 Å². The van der Waals surface area contributed by atoms with Crippen molar-refractivity contribution in [3.63, 3.8) is 0 Å². The van der Waals surface area contributed by atoms with Crippen molar-refractivity contribution in [2.75, 3.05) is 26.3 Å². The maximum absolute atomic E-state index is 12.3. The number of hydrogen-bond donors (Lipinski definition) is 2. The summed E-state index contributed by atoms with van der Waals surface area (Å²) in [5, 5.41) is 21.7. The van der Waals surface area contributed by atoms with E-state index in [0.717, 1.165) is 5.56 Å². The Morgan fingerprint density at radius 2 is 1.90 bits per heavy atom. The van der Waals surface area contributed by atoms with E-state index >= 15 is 0 Å². The number of aliphatic hydroxyl groups excluding tert-OH is 2. The van der Waals surface area contributed by atoms with Gasteiger partial charge in [0.2, 0.25) is 0 Å². The van der Waals surface area contributed by atoms with Crippen LogP contribution in [0.15, 0.2) is 40.9 Å². The summed E-state index contributed by atoms with van der Waals surface area (Å²) in [5.74, 6) is 0.202. The summed E-state index contributed by atoms with van der Waals surface area (Å²) in [7, 11) is 0. The average Bonchev–Trinajstić information content (AvgIpc) is 3.01. The second-order valence-corrected chi connectivity index (χ2v) is 4.54. The van der Waals surface area contributed by atoms with Crippen molar-refractivity contribution in [2.45, 2.75) is 6.42 Å². The van der Waals surface area contributed by atoms with Gasteiger partial charge in [-0.05, 0) is 6.42 Å². The van der Waals surface area contributed by atoms with E-state index in [1.165, 1.54) is 4.90 Å². The standard InChI is InChI=1S/C15H18N2O4/c18-9-4-7-17(8-10-19)15(20)13-11-14(21-16-13)12-5-2-1-3-6-12/h1-3,5-6,11,18-19H,4,7-10H2. The lowest BCUT2D eigenvalue weighted by atomic mass is 10.1. The molecule has 0 spiro atoms. The average molecular weight is 290 g/mol. The maximum Gasteiger partial charge on any atom is 0.276 e. The Bertz CT molecular complexity index is 568. The van der Waals surface area contributed by atoms with Crippen LogP contribution in [0.5, 0.6) is 0 Å². The molecule has 0 saturated carbocycles. The highest BCUT2D eigenvalue weighted by atomic mass is 16.5. The maximum atomic E-state index is 12.3. The minimum atomic E-state index is -0.316. The summed E-state index contributed by atoms with van der Waals surface area (Å²) in [6, 6.07) is 11.0. The molecule has 0 radical (unpaired) electrons. The molecule has 0 atom stereocenters. The summed E-state index contributed by atoms with van der Waals surface area (Å²) in [4.78, 5) is 13.7. The van der Waals surface area contributed by atoms with E-state index in [1.54, 1.807) is 6.07 Å². The molecule has 21 heavy (non-hydrogen) atoms. The van der Waals surface area contributed by atoms with Crippen LogP contribution in [0.1, 0.15) is 16.9 Å². The first kappa shape index (κ1) is 15.2. The Balaban J connectivity index is 2.13. The molecule has 0 bridgehead atoms. The first-order valence-electron chi connectivity index (χ1n) is 6.79. The van der Waals surface area contributed by atoms with Crippen LogP contribution in [-0.4, -0.2) is 52.5 Å². The van der Waals surface area contributed by atoms with Crippen LogP contribution in [0.2, 0.25) is 0 Å². The molecule has 1 heterocycles. The summed E-state index contributed by atoms with van der Waals surface area (Å²) in [5.41, 5.74) is 1.04. The van der Waals surface area contributed by atoms with Gasteiger partial charge in [0.15, 0.2) is 11.5 Å². The predicted octanol–water partition coefficient (Wildman–Crippen LogP) is 1.16. The quantitative estimate of drug-likeness (QED) is 0.799. The van der Waals surface area contributed by atoms with E-state index in [-0.39, 0.29) is 31.4 Å². The highest BCUT2D eigenvalue weighted by Gasteiger charge is 2.19. The van der Waals surface area contributed by atoms with Gasteiger partial charge in [-0.15, -0.1) is 0 Å². The first-order chi connectivity index (χ1) is 10.3. The zero-order chi connectivity index (χ0) is 15.1. The van der Waals surface area contributed by atoms with E-state index in [1.807, 2.05) is 30.3 Å². The Kier molecular flexibility index (Phi) is 5.48. The van der Waals surface area contributed by atoms with Crippen molar-refractivity contribution >= 4 is 5.91 Å². The predicted molar refractivity (Wildman–Crippen MR) is 76.6 cm³/mol. The van der Waals surface area contributed by atoms with Gasteiger partial charge < -0.3 is 19.6 Å². The monoisotopic (exact) mass is 290 g/mol. The molecule has 0 aliphatic rings. The lowest BCUT2D eigenvalue weighted by Crippen LogP contribution is -2.35. The van der Waals surface area contributed by atoms with Crippen molar-refractivity contribution in [3.8, 4) is 11.3 Å². The number of amides is 1. The number of aliphatic hydroxyl groups is 2. The first-order valence-corrected chi connectivity index (χ1v) is 6.79. The number of carbonyl (C=O) groups is 1. The van der Waals surface area contributed by atoms with Gasteiger partial charge in [-0.3, -0.25) is 4.79 Å². The van der Waals surface area contributed by atoms with Crippen LogP contribution in [0.3, 0.4) is 0 Å². The Labute approximate surface area is 122 Å². The van der Waals surface area contributed by atoms with Crippen molar-refractivity contribution in [3.05, 3.63) is 42.1 Å². The van der Waals surface area contributed by atoms with Gasteiger partial charge in [0.25, 0.3) is 5.91 Å². The normalized spacial score (nSPS) is 10.6. The summed E-state index contributed by atoms with van der Waals surface area (Å²) >= 11 is 0. The lowest BCUT2D eigenvalue weighted by Gasteiger charge is -2.19. The fraction of sp³-hybridized carbons (Fsp3) is 0.333. The molecule has 0 saturated heterocycles. The Hall–Kier alpha value is -2.18. The second-order valence-electron chi connectivity index (χ2n) is 4.54. The minimum Gasteiger partial charge on any atom is -0.396 e. The third-order valence-corrected chi connectivity index (χ3v) is 3.03. The van der Waals surface area contributed by atoms with E-state index in [0.29, 0.717) is 18.7 Å². The van der Waals surface area contributed by atoms with Crippen molar-refractivity contribution in [1.82, 2.24) is 10.1 Å². The summed E-state index contributed by atoms with van der Waals surface area (Å²) in [6.07, 6.45) is 0.454. The molecule has 0 fully saturated rings. The minimum absolute atomic E-state index is 0.0106. The molecule has 0 unspecified atom stereocenters. The number of aromatic nitrogens is 1. The van der Waals surface area contributed by atoms with Crippen LogP contribution in [0.25, 0.3) is 11.3 Å². The van der Waals surface area contributed by atoms with Crippen molar-refractivity contribution in [2.24, 2.45) is 0 Å². The smallest absolute Gasteiger partial charge is 0.276 e. The molecule has 2 aromatic rings. The molecule has 1 amide bonds.